The van der Waals surface area contributed by atoms with Gasteiger partial charge in [0.2, 0.25) is 5.91 Å². The molecule has 2 fully saturated rings. The van der Waals surface area contributed by atoms with Crippen LogP contribution in [0, 0.1) is 5.92 Å². The number of amides is 3. The van der Waals surface area contributed by atoms with Crippen LogP contribution in [0.2, 0.25) is 0 Å². The van der Waals surface area contributed by atoms with E-state index >= 15 is 0 Å². The number of benzene rings is 2. The summed E-state index contributed by atoms with van der Waals surface area (Å²) < 4.78 is 18.0. The largest absolute Gasteiger partial charge is 0.445 e. The van der Waals surface area contributed by atoms with Crippen molar-refractivity contribution >= 4 is 35.1 Å². The molecule has 2 aliphatic rings. The van der Waals surface area contributed by atoms with Crippen molar-refractivity contribution < 1.29 is 33.4 Å². The number of ether oxygens (including phenoxy) is 3. The zero-order chi connectivity index (χ0) is 29.9. The van der Waals surface area contributed by atoms with E-state index in [1.165, 1.54) is 9.47 Å². The minimum absolute atomic E-state index is 0.0699. The standard InChI is InChI=1S/C32H37N3O7/c1-32(2,3)42-30(38)34-19-23(24-13-7-8-14-25(24)34)17-22(18-33-29(37)40-20-21-11-5-4-6-12-21)28(36)35-26-15-9-10-16-27(26)41-31(35)39/h4-8,11-14,19,22,26-27H,9-10,15-18,20H2,1-3H3,(H,33,37)/t22-,26+,27+/m0/s1. The van der Waals surface area contributed by atoms with E-state index < -0.39 is 35.7 Å². The number of imide groups is 1. The van der Waals surface area contributed by atoms with Gasteiger partial charge in [0, 0.05) is 18.1 Å². The quantitative estimate of drug-likeness (QED) is 0.354. The van der Waals surface area contributed by atoms with E-state index in [1.807, 2.05) is 54.6 Å². The molecule has 0 unspecified atom stereocenters. The van der Waals surface area contributed by atoms with Crippen LogP contribution in [0.15, 0.2) is 60.8 Å². The number of fused-ring (bicyclic) bond motifs is 2. The van der Waals surface area contributed by atoms with Gasteiger partial charge in [-0.25, -0.2) is 19.3 Å². The van der Waals surface area contributed by atoms with Crippen molar-refractivity contribution in [3.8, 4) is 0 Å². The molecule has 1 N–H and O–H groups in total. The summed E-state index contributed by atoms with van der Waals surface area (Å²) in [4.78, 5) is 53.8. The summed E-state index contributed by atoms with van der Waals surface area (Å²) in [5.74, 6) is -1.24. The summed E-state index contributed by atoms with van der Waals surface area (Å²) >= 11 is 0. The molecule has 10 nitrogen and oxygen atoms in total. The number of rotatable bonds is 7. The summed E-state index contributed by atoms with van der Waals surface area (Å²) in [5.41, 5.74) is 1.48. The number of alkyl carbamates (subject to hydrolysis) is 1. The predicted molar refractivity (Wildman–Crippen MR) is 155 cm³/mol. The van der Waals surface area contributed by atoms with Crippen molar-refractivity contribution in [3.63, 3.8) is 0 Å². The van der Waals surface area contributed by atoms with Crippen molar-refractivity contribution in [3.05, 3.63) is 71.9 Å². The highest BCUT2D eigenvalue weighted by Crippen LogP contribution is 2.34. The monoisotopic (exact) mass is 575 g/mol. The van der Waals surface area contributed by atoms with E-state index in [0.717, 1.165) is 30.2 Å². The maximum absolute atomic E-state index is 14.0. The number of hydrogen-bond donors (Lipinski definition) is 1. The van der Waals surface area contributed by atoms with Crippen LogP contribution >= 0.6 is 0 Å². The van der Waals surface area contributed by atoms with Gasteiger partial charge in [0.25, 0.3) is 0 Å². The Labute approximate surface area is 244 Å². The molecule has 222 valence electrons. The fraction of sp³-hybridized carbons (Fsp3) is 0.438. The zero-order valence-electron chi connectivity index (χ0n) is 24.2. The Hall–Kier alpha value is -4.34. The van der Waals surface area contributed by atoms with Gasteiger partial charge < -0.3 is 19.5 Å². The number of nitrogens with zero attached hydrogens (tertiary/aromatic N) is 2. The third kappa shape index (κ3) is 6.58. The summed E-state index contributed by atoms with van der Waals surface area (Å²) in [6.07, 6.45) is 2.90. The van der Waals surface area contributed by atoms with E-state index in [1.54, 1.807) is 27.0 Å². The van der Waals surface area contributed by atoms with Gasteiger partial charge in [0.1, 0.15) is 18.3 Å². The highest BCUT2D eigenvalue weighted by atomic mass is 16.6. The molecule has 1 saturated heterocycles. The maximum Gasteiger partial charge on any atom is 0.419 e. The molecule has 1 aliphatic carbocycles. The first kappa shape index (κ1) is 29.2. The lowest BCUT2D eigenvalue weighted by molar-refractivity contribution is -0.133. The molecule has 0 bridgehead atoms. The molecular formula is C32H37N3O7. The van der Waals surface area contributed by atoms with Crippen LogP contribution in [0.1, 0.15) is 57.6 Å². The van der Waals surface area contributed by atoms with Gasteiger partial charge in [-0.15, -0.1) is 0 Å². The Bertz CT molecular complexity index is 1460. The van der Waals surface area contributed by atoms with Crippen LogP contribution in [0.4, 0.5) is 14.4 Å². The van der Waals surface area contributed by atoms with Crippen LogP contribution in [-0.4, -0.2) is 57.9 Å². The van der Waals surface area contributed by atoms with Gasteiger partial charge in [0.05, 0.1) is 17.5 Å². The molecule has 0 radical (unpaired) electrons. The molecule has 0 spiro atoms. The molecule has 2 aromatic carbocycles. The van der Waals surface area contributed by atoms with E-state index in [0.29, 0.717) is 17.5 Å². The van der Waals surface area contributed by atoms with Crippen LogP contribution in [0.5, 0.6) is 0 Å². The lowest BCUT2D eigenvalue weighted by Gasteiger charge is -2.29. The molecular weight excluding hydrogens is 538 g/mol. The van der Waals surface area contributed by atoms with Gasteiger partial charge in [-0.1, -0.05) is 55.0 Å². The van der Waals surface area contributed by atoms with Crippen LogP contribution < -0.4 is 5.32 Å². The normalized spacial score (nSPS) is 19.1. The van der Waals surface area contributed by atoms with E-state index in [2.05, 4.69) is 5.32 Å². The molecule has 3 amide bonds. The smallest absolute Gasteiger partial charge is 0.419 e. The molecule has 1 aromatic heterocycles. The number of hydrogen-bond acceptors (Lipinski definition) is 7. The van der Waals surface area contributed by atoms with Gasteiger partial charge >= 0.3 is 18.3 Å². The minimum atomic E-state index is -0.819. The van der Waals surface area contributed by atoms with Crippen LogP contribution in [0.25, 0.3) is 10.9 Å². The molecule has 42 heavy (non-hydrogen) atoms. The number of nitrogens with one attached hydrogen (secondary N) is 1. The molecule has 3 aromatic rings. The minimum Gasteiger partial charge on any atom is -0.445 e. The average Bonchev–Trinajstić information content (AvgIpc) is 3.50. The molecule has 3 atom stereocenters. The van der Waals surface area contributed by atoms with Crippen molar-refractivity contribution in [2.45, 2.75) is 77.2 Å². The first-order valence-corrected chi connectivity index (χ1v) is 14.4. The fourth-order valence-electron chi connectivity index (χ4n) is 5.65. The van der Waals surface area contributed by atoms with Gasteiger partial charge in [-0.2, -0.15) is 0 Å². The van der Waals surface area contributed by atoms with Crippen molar-refractivity contribution in [2.75, 3.05) is 6.54 Å². The molecule has 10 heteroatoms. The number of carbonyl (C=O) groups excluding carboxylic acids is 4. The Morgan fingerprint density at radius 2 is 1.74 bits per heavy atom. The molecule has 2 heterocycles. The Kier molecular flexibility index (Phi) is 8.51. The lowest BCUT2D eigenvalue weighted by Crippen LogP contribution is -2.48. The van der Waals surface area contributed by atoms with Gasteiger partial charge in [0.15, 0.2) is 0 Å². The van der Waals surface area contributed by atoms with E-state index in [9.17, 15) is 19.2 Å². The molecule has 5 rings (SSSR count). The van der Waals surface area contributed by atoms with Gasteiger partial charge in [-0.3, -0.25) is 9.36 Å². The SMILES string of the molecule is CC(C)(C)OC(=O)n1cc(C[C@@H](CNC(=O)OCc2ccccc2)C(=O)N2C(=O)O[C@@H]3CCCC[C@H]32)c2ccccc21. The van der Waals surface area contributed by atoms with Crippen molar-refractivity contribution in [1.82, 2.24) is 14.8 Å². The summed E-state index contributed by atoms with van der Waals surface area (Å²) in [7, 11) is 0. The number of carbonyl (C=O) groups is 4. The predicted octanol–water partition coefficient (Wildman–Crippen LogP) is 5.80. The second kappa shape index (κ2) is 12.3. The summed E-state index contributed by atoms with van der Waals surface area (Å²) in [6.45, 7) is 5.39. The second-order valence-corrected chi connectivity index (χ2v) is 11.8. The molecule has 1 saturated carbocycles. The Morgan fingerprint density at radius 3 is 2.50 bits per heavy atom. The fourth-order valence-corrected chi connectivity index (χ4v) is 5.65. The maximum atomic E-state index is 14.0. The zero-order valence-corrected chi connectivity index (χ0v) is 24.2. The van der Waals surface area contributed by atoms with E-state index in [4.69, 9.17) is 14.2 Å². The topological polar surface area (TPSA) is 116 Å². The highest BCUT2D eigenvalue weighted by Gasteiger charge is 2.47. The van der Waals surface area contributed by atoms with Crippen LogP contribution in [-0.2, 0) is 32.0 Å². The van der Waals surface area contributed by atoms with Crippen molar-refractivity contribution in [1.29, 1.82) is 0 Å². The Morgan fingerprint density at radius 1 is 1.02 bits per heavy atom. The molecule has 1 aliphatic heterocycles. The van der Waals surface area contributed by atoms with Crippen LogP contribution in [0.3, 0.4) is 0 Å². The summed E-state index contributed by atoms with van der Waals surface area (Å²) in [6, 6.07) is 16.3. The summed E-state index contributed by atoms with van der Waals surface area (Å²) in [5, 5.41) is 3.48. The number of para-hydroxylation sites is 1. The third-order valence-electron chi connectivity index (χ3n) is 7.59. The first-order valence-electron chi connectivity index (χ1n) is 14.4. The third-order valence-corrected chi connectivity index (χ3v) is 7.59. The second-order valence-electron chi connectivity index (χ2n) is 11.8. The average molecular weight is 576 g/mol. The number of aromatic nitrogens is 1. The lowest BCUT2D eigenvalue weighted by atomic mass is 9.90. The highest BCUT2D eigenvalue weighted by molar-refractivity contribution is 5.96. The van der Waals surface area contributed by atoms with Crippen molar-refractivity contribution in [2.24, 2.45) is 5.92 Å². The van der Waals surface area contributed by atoms with E-state index in [-0.39, 0.29) is 31.7 Å². The first-order chi connectivity index (χ1) is 20.1. The Balaban J connectivity index is 1.39. The van der Waals surface area contributed by atoms with Gasteiger partial charge in [-0.05, 0) is 63.6 Å².